The van der Waals surface area contributed by atoms with Crippen LogP contribution in [0, 0.1) is 5.41 Å². The van der Waals surface area contributed by atoms with Gasteiger partial charge >= 0.3 is 0 Å². The molecule has 0 unspecified atom stereocenters. The first kappa shape index (κ1) is 21.6. The average molecular weight is 407 g/mol. The van der Waals surface area contributed by atoms with Crippen molar-refractivity contribution in [2.75, 3.05) is 18.0 Å². The number of hydrogen-bond donors (Lipinski definition) is 1. The minimum atomic E-state index is -0.437. The number of benzene rings is 2. The van der Waals surface area contributed by atoms with Gasteiger partial charge in [-0.1, -0.05) is 51.1 Å². The molecule has 0 spiro atoms. The van der Waals surface area contributed by atoms with E-state index in [2.05, 4.69) is 5.32 Å². The van der Waals surface area contributed by atoms with Crippen LogP contribution in [-0.4, -0.2) is 34.5 Å². The molecule has 30 heavy (non-hydrogen) atoms. The van der Waals surface area contributed by atoms with Gasteiger partial charge in [0.1, 0.15) is 12.4 Å². The number of likely N-dealkylation sites (N-methyl/N-ethyl adjacent to an activating group) is 1. The van der Waals surface area contributed by atoms with Crippen LogP contribution in [0.1, 0.15) is 33.5 Å². The number of fused-ring (bicyclic) bond motifs is 1. The second kappa shape index (κ2) is 9.11. The number of carbonyl (C=O) groups is 2. The highest BCUT2D eigenvalue weighted by atomic mass is 16.2. The average Bonchev–Trinajstić information content (AvgIpc) is 3.06. The zero-order chi connectivity index (χ0) is 21.7. The van der Waals surface area contributed by atoms with E-state index >= 15 is 0 Å². The Morgan fingerprint density at radius 2 is 1.70 bits per heavy atom. The van der Waals surface area contributed by atoms with E-state index in [0.717, 1.165) is 22.5 Å². The van der Waals surface area contributed by atoms with Crippen LogP contribution in [0.15, 0.2) is 54.6 Å². The van der Waals surface area contributed by atoms with Crippen molar-refractivity contribution >= 4 is 28.5 Å². The van der Waals surface area contributed by atoms with Crippen molar-refractivity contribution in [2.45, 2.75) is 40.7 Å². The van der Waals surface area contributed by atoms with E-state index in [1.807, 2.05) is 86.9 Å². The molecule has 1 aromatic heterocycles. The molecule has 6 heteroatoms. The summed E-state index contributed by atoms with van der Waals surface area (Å²) >= 11 is 0. The lowest BCUT2D eigenvalue weighted by atomic mass is 9.96. The molecule has 2 aromatic carbocycles. The fourth-order valence-electron chi connectivity index (χ4n) is 3.38. The van der Waals surface area contributed by atoms with Gasteiger partial charge < -0.3 is 14.8 Å². The Hall–Kier alpha value is -3.15. The quantitative estimate of drug-likeness (QED) is 0.649. The minimum absolute atomic E-state index is 0.00229. The number of nitrogens with zero attached hydrogens (tertiary/aromatic N) is 3. The van der Waals surface area contributed by atoms with Crippen LogP contribution in [0.3, 0.4) is 0 Å². The Morgan fingerprint density at radius 1 is 1.03 bits per heavy atom. The first-order valence-corrected chi connectivity index (χ1v) is 10.4. The van der Waals surface area contributed by atoms with Gasteiger partial charge in [-0.25, -0.2) is 4.98 Å². The highest BCUT2D eigenvalue weighted by Crippen LogP contribution is 2.19. The highest BCUT2D eigenvalue weighted by molar-refractivity contribution is 5.94. The number of imidazole rings is 1. The molecule has 6 nitrogen and oxygen atoms in total. The van der Waals surface area contributed by atoms with Crippen molar-refractivity contribution in [1.82, 2.24) is 14.9 Å². The van der Waals surface area contributed by atoms with Gasteiger partial charge in [-0.15, -0.1) is 0 Å². The summed E-state index contributed by atoms with van der Waals surface area (Å²) in [5.74, 6) is 0.803. The topological polar surface area (TPSA) is 67.2 Å². The Kier molecular flexibility index (Phi) is 6.55. The summed E-state index contributed by atoms with van der Waals surface area (Å²) in [5.41, 5.74) is 2.22. The van der Waals surface area contributed by atoms with E-state index in [-0.39, 0.29) is 18.4 Å². The summed E-state index contributed by atoms with van der Waals surface area (Å²) < 4.78 is 1.96. The first-order valence-electron chi connectivity index (χ1n) is 10.4. The Bertz CT molecular complexity index is 1020. The SMILES string of the molecule is CCN(C(=O)Cn1c(CCNC(=O)C(C)(C)C)nc2ccccc21)c1ccccc1. The number of anilines is 1. The van der Waals surface area contributed by atoms with Gasteiger partial charge in [0.05, 0.1) is 11.0 Å². The van der Waals surface area contributed by atoms with Crippen molar-refractivity contribution in [3.63, 3.8) is 0 Å². The van der Waals surface area contributed by atoms with Gasteiger partial charge in [0.2, 0.25) is 11.8 Å². The van der Waals surface area contributed by atoms with E-state index < -0.39 is 5.41 Å². The van der Waals surface area contributed by atoms with Gasteiger partial charge in [-0.2, -0.15) is 0 Å². The van der Waals surface area contributed by atoms with Crippen LogP contribution in [0.5, 0.6) is 0 Å². The molecule has 0 aliphatic heterocycles. The first-order chi connectivity index (χ1) is 14.3. The van der Waals surface area contributed by atoms with Gasteiger partial charge in [0.15, 0.2) is 0 Å². The number of nitrogens with one attached hydrogen (secondary N) is 1. The number of amides is 2. The Labute approximate surface area is 177 Å². The van der Waals surface area contributed by atoms with Crippen LogP contribution in [0.4, 0.5) is 5.69 Å². The predicted molar refractivity (Wildman–Crippen MR) is 120 cm³/mol. The van der Waals surface area contributed by atoms with E-state index in [4.69, 9.17) is 4.98 Å². The second-order valence-corrected chi connectivity index (χ2v) is 8.33. The van der Waals surface area contributed by atoms with E-state index in [1.165, 1.54) is 0 Å². The third kappa shape index (κ3) is 4.87. The number of rotatable bonds is 7. The normalized spacial score (nSPS) is 11.5. The molecule has 0 fully saturated rings. The molecule has 0 saturated heterocycles. The van der Waals surface area contributed by atoms with Crippen LogP contribution in [0.25, 0.3) is 11.0 Å². The predicted octanol–water partition coefficient (Wildman–Crippen LogP) is 3.79. The molecule has 1 heterocycles. The molecule has 0 saturated carbocycles. The number of hydrogen-bond acceptors (Lipinski definition) is 3. The lowest BCUT2D eigenvalue weighted by Gasteiger charge is -2.22. The van der Waals surface area contributed by atoms with Crippen molar-refractivity contribution in [3.05, 3.63) is 60.4 Å². The molecule has 1 N–H and O–H groups in total. The number of carbonyl (C=O) groups excluding carboxylic acids is 2. The van der Waals surface area contributed by atoms with Gasteiger partial charge in [-0.05, 0) is 31.2 Å². The van der Waals surface area contributed by atoms with E-state index in [1.54, 1.807) is 4.90 Å². The fourth-order valence-corrected chi connectivity index (χ4v) is 3.38. The zero-order valence-corrected chi connectivity index (χ0v) is 18.2. The largest absolute Gasteiger partial charge is 0.355 e. The summed E-state index contributed by atoms with van der Waals surface area (Å²) in [6.45, 7) is 8.90. The third-order valence-corrected chi connectivity index (χ3v) is 5.03. The molecule has 0 bridgehead atoms. The molecular formula is C24H30N4O2. The van der Waals surface area contributed by atoms with Gasteiger partial charge in [-0.3, -0.25) is 9.59 Å². The Morgan fingerprint density at radius 3 is 2.37 bits per heavy atom. The zero-order valence-electron chi connectivity index (χ0n) is 18.2. The second-order valence-electron chi connectivity index (χ2n) is 8.33. The van der Waals surface area contributed by atoms with E-state index in [0.29, 0.717) is 19.5 Å². The van der Waals surface area contributed by atoms with E-state index in [9.17, 15) is 9.59 Å². The van der Waals surface area contributed by atoms with Gasteiger partial charge in [0, 0.05) is 30.6 Å². The molecule has 3 rings (SSSR count). The van der Waals surface area contributed by atoms with Crippen LogP contribution in [-0.2, 0) is 22.6 Å². The summed E-state index contributed by atoms with van der Waals surface area (Å²) in [6.07, 6.45) is 0.557. The molecule has 0 radical (unpaired) electrons. The smallest absolute Gasteiger partial charge is 0.246 e. The van der Waals surface area contributed by atoms with Crippen molar-refractivity contribution in [2.24, 2.45) is 5.41 Å². The Balaban J connectivity index is 1.82. The third-order valence-electron chi connectivity index (χ3n) is 5.03. The minimum Gasteiger partial charge on any atom is -0.355 e. The van der Waals surface area contributed by atoms with Crippen LogP contribution in [0.2, 0.25) is 0 Å². The fraction of sp³-hybridized carbons (Fsp3) is 0.375. The lowest BCUT2D eigenvalue weighted by Crippen LogP contribution is -2.36. The lowest BCUT2D eigenvalue weighted by molar-refractivity contribution is -0.128. The standard InChI is InChI=1S/C24H30N4O2/c1-5-27(18-11-7-6-8-12-18)22(29)17-28-20-14-10-9-13-19(20)26-21(28)15-16-25-23(30)24(2,3)4/h6-14H,5,15-17H2,1-4H3,(H,25,30). The summed E-state index contributed by atoms with van der Waals surface area (Å²) in [5, 5.41) is 2.97. The van der Waals surface area contributed by atoms with Crippen LogP contribution < -0.4 is 10.2 Å². The van der Waals surface area contributed by atoms with Crippen LogP contribution >= 0.6 is 0 Å². The number of aromatic nitrogens is 2. The van der Waals surface area contributed by atoms with Crippen molar-refractivity contribution in [3.8, 4) is 0 Å². The maximum Gasteiger partial charge on any atom is 0.246 e. The monoisotopic (exact) mass is 406 g/mol. The maximum absolute atomic E-state index is 13.2. The van der Waals surface area contributed by atoms with Crippen molar-refractivity contribution < 1.29 is 9.59 Å². The molecule has 0 aliphatic rings. The molecule has 0 atom stereocenters. The van der Waals surface area contributed by atoms with Gasteiger partial charge in [0.25, 0.3) is 0 Å². The molecule has 3 aromatic rings. The molecular weight excluding hydrogens is 376 g/mol. The molecule has 158 valence electrons. The molecule has 2 amide bonds. The van der Waals surface area contributed by atoms with Crippen molar-refractivity contribution in [1.29, 1.82) is 0 Å². The number of para-hydroxylation sites is 3. The summed E-state index contributed by atoms with van der Waals surface area (Å²) in [7, 11) is 0. The summed E-state index contributed by atoms with van der Waals surface area (Å²) in [4.78, 5) is 31.8. The maximum atomic E-state index is 13.2. The highest BCUT2D eigenvalue weighted by Gasteiger charge is 2.22. The molecule has 0 aliphatic carbocycles. The summed E-state index contributed by atoms with van der Waals surface area (Å²) in [6, 6.07) is 17.5.